The van der Waals surface area contributed by atoms with Crippen molar-refractivity contribution < 1.29 is 22.6 Å². The highest BCUT2D eigenvalue weighted by Crippen LogP contribution is 2.22. The van der Waals surface area contributed by atoms with Crippen LogP contribution < -0.4 is 15.4 Å². The molecular formula is C18H28F3N3O2. The number of rotatable bonds is 10. The van der Waals surface area contributed by atoms with Gasteiger partial charge in [-0.3, -0.25) is 4.99 Å². The number of unbranched alkanes of at least 4 members (excludes halogenated alkanes) is 1. The Morgan fingerprint density at radius 2 is 1.92 bits per heavy atom. The fraction of sp³-hybridized carbons (Fsp3) is 0.611. The molecule has 0 fully saturated rings. The van der Waals surface area contributed by atoms with Crippen molar-refractivity contribution >= 4 is 5.96 Å². The number of nitrogens with one attached hydrogen (secondary N) is 2. The molecule has 0 saturated heterocycles. The summed E-state index contributed by atoms with van der Waals surface area (Å²) in [5.74, 6) is 1.32. The number of methoxy groups -OCH3 is 1. The van der Waals surface area contributed by atoms with Gasteiger partial charge in [0.25, 0.3) is 0 Å². The van der Waals surface area contributed by atoms with Gasteiger partial charge in [-0.15, -0.1) is 0 Å². The molecule has 0 aromatic heterocycles. The lowest BCUT2D eigenvalue weighted by atomic mass is 10.1. The number of halogens is 3. The van der Waals surface area contributed by atoms with E-state index in [0.29, 0.717) is 38.7 Å². The van der Waals surface area contributed by atoms with Crippen LogP contribution in [0.1, 0.15) is 30.4 Å². The summed E-state index contributed by atoms with van der Waals surface area (Å²) in [6.07, 6.45) is -4.32. The molecule has 1 aromatic carbocycles. The normalized spacial score (nSPS) is 12.2. The van der Waals surface area contributed by atoms with Gasteiger partial charge in [0.2, 0.25) is 0 Å². The first-order valence-corrected chi connectivity index (χ1v) is 8.58. The number of benzene rings is 1. The first kappa shape index (κ1) is 22.1. The van der Waals surface area contributed by atoms with Crippen LogP contribution in [0.5, 0.6) is 5.75 Å². The monoisotopic (exact) mass is 375 g/mol. The molecule has 0 saturated carbocycles. The Balaban J connectivity index is 2.45. The molecular weight excluding hydrogens is 347 g/mol. The minimum absolute atomic E-state index is 0.100. The summed E-state index contributed by atoms with van der Waals surface area (Å²) in [6, 6.07) is 5.93. The van der Waals surface area contributed by atoms with Gasteiger partial charge in [0.05, 0.1) is 6.61 Å². The smallest absolute Gasteiger partial charge is 0.389 e. The quantitative estimate of drug-likeness (QED) is 0.374. The van der Waals surface area contributed by atoms with Crippen molar-refractivity contribution in [1.82, 2.24) is 10.6 Å². The van der Waals surface area contributed by atoms with E-state index < -0.39 is 12.6 Å². The lowest BCUT2D eigenvalue weighted by Gasteiger charge is -2.15. The number of ether oxygens (including phenoxy) is 2. The van der Waals surface area contributed by atoms with Gasteiger partial charge in [0.1, 0.15) is 12.4 Å². The molecule has 0 aliphatic rings. The molecule has 5 nitrogen and oxygen atoms in total. The van der Waals surface area contributed by atoms with Gasteiger partial charge in [-0.05, 0) is 31.4 Å². The highest BCUT2D eigenvalue weighted by atomic mass is 19.4. The molecule has 0 atom stereocenters. The van der Waals surface area contributed by atoms with Crippen LogP contribution in [0.25, 0.3) is 0 Å². The summed E-state index contributed by atoms with van der Waals surface area (Å²) in [4.78, 5) is 4.08. The maximum Gasteiger partial charge on any atom is 0.389 e. The van der Waals surface area contributed by atoms with Crippen LogP contribution in [-0.2, 0) is 11.3 Å². The number of hydrogen-bond acceptors (Lipinski definition) is 3. The molecule has 148 valence electrons. The van der Waals surface area contributed by atoms with Crippen LogP contribution in [-0.4, -0.2) is 46.1 Å². The summed E-state index contributed by atoms with van der Waals surface area (Å²) < 4.78 is 47.1. The predicted octanol–water partition coefficient (Wildman–Crippen LogP) is 3.42. The van der Waals surface area contributed by atoms with Gasteiger partial charge < -0.3 is 20.1 Å². The average molecular weight is 375 g/mol. The third kappa shape index (κ3) is 9.50. The van der Waals surface area contributed by atoms with Gasteiger partial charge >= 0.3 is 6.18 Å². The molecule has 0 aliphatic carbocycles. The number of aryl methyl sites for hydroxylation is 1. The zero-order valence-corrected chi connectivity index (χ0v) is 15.6. The van der Waals surface area contributed by atoms with Gasteiger partial charge in [0.15, 0.2) is 5.96 Å². The number of aliphatic imine (C=N–C) groups is 1. The van der Waals surface area contributed by atoms with Gasteiger partial charge in [-0.2, -0.15) is 13.2 Å². The SMILES string of the molecule is CN=C(NCCCCC(F)(F)F)NCc1ccc(C)cc1OCCOC. The van der Waals surface area contributed by atoms with Crippen LogP contribution in [0.4, 0.5) is 13.2 Å². The second kappa shape index (κ2) is 11.6. The van der Waals surface area contributed by atoms with Crippen LogP contribution in [0.15, 0.2) is 23.2 Å². The third-order valence-corrected chi connectivity index (χ3v) is 3.62. The second-order valence-corrected chi connectivity index (χ2v) is 5.88. The first-order valence-electron chi connectivity index (χ1n) is 8.58. The van der Waals surface area contributed by atoms with E-state index in [-0.39, 0.29) is 6.42 Å². The summed E-state index contributed by atoms with van der Waals surface area (Å²) in [6.45, 7) is 3.87. The van der Waals surface area contributed by atoms with Crippen LogP contribution in [0.3, 0.4) is 0 Å². The van der Waals surface area contributed by atoms with Crippen molar-refractivity contribution in [3.8, 4) is 5.75 Å². The Kier molecular flexibility index (Phi) is 9.87. The molecule has 0 aliphatic heterocycles. The molecule has 0 heterocycles. The van der Waals surface area contributed by atoms with E-state index in [1.807, 2.05) is 25.1 Å². The zero-order chi connectivity index (χ0) is 19.4. The Labute approximate surface area is 153 Å². The molecule has 0 amide bonds. The van der Waals surface area contributed by atoms with E-state index >= 15 is 0 Å². The largest absolute Gasteiger partial charge is 0.491 e. The summed E-state index contributed by atoms with van der Waals surface area (Å²) in [7, 11) is 3.24. The van der Waals surface area contributed by atoms with E-state index in [1.165, 1.54) is 0 Å². The highest BCUT2D eigenvalue weighted by Gasteiger charge is 2.25. The molecule has 0 unspecified atom stereocenters. The Hall–Kier alpha value is -1.96. The maximum atomic E-state index is 12.1. The lowest BCUT2D eigenvalue weighted by Crippen LogP contribution is -2.37. The van der Waals surface area contributed by atoms with E-state index in [1.54, 1.807) is 14.2 Å². The highest BCUT2D eigenvalue weighted by molar-refractivity contribution is 5.79. The van der Waals surface area contributed by atoms with Crippen molar-refractivity contribution in [1.29, 1.82) is 0 Å². The lowest BCUT2D eigenvalue weighted by molar-refractivity contribution is -0.135. The molecule has 8 heteroatoms. The third-order valence-electron chi connectivity index (χ3n) is 3.62. The molecule has 26 heavy (non-hydrogen) atoms. The van der Waals surface area contributed by atoms with Crippen LogP contribution in [0, 0.1) is 6.92 Å². The topological polar surface area (TPSA) is 54.9 Å². The van der Waals surface area contributed by atoms with E-state index in [9.17, 15) is 13.2 Å². The second-order valence-electron chi connectivity index (χ2n) is 5.88. The number of guanidine groups is 1. The first-order chi connectivity index (χ1) is 12.4. The Morgan fingerprint density at radius 1 is 1.15 bits per heavy atom. The summed E-state index contributed by atoms with van der Waals surface area (Å²) in [5.41, 5.74) is 2.06. The fourth-order valence-electron chi connectivity index (χ4n) is 2.23. The van der Waals surface area contributed by atoms with Crippen LogP contribution in [0.2, 0.25) is 0 Å². The summed E-state index contributed by atoms with van der Waals surface area (Å²) >= 11 is 0. The summed E-state index contributed by atoms with van der Waals surface area (Å²) in [5, 5.41) is 6.17. The fourth-order valence-corrected chi connectivity index (χ4v) is 2.23. The minimum Gasteiger partial charge on any atom is -0.491 e. The van der Waals surface area contributed by atoms with Gasteiger partial charge in [0, 0.05) is 39.2 Å². The molecule has 1 aromatic rings. The van der Waals surface area contributed by atoms with Crippen LogP contribution >= 0.6 is 0 Å². The van der Waals surface area contributed by atoms with Gasteiger partial charge in [-0.1, -0.05) is 12.1 Å². The Bertz CT molecular complexity index is 563. The minimum atomic E-state index is -4.09. The zero-order valence-electron chi connectivity index (χ0n) is 15.6. The molecule has 0 radical (unpaired) electrons. The Morgan fingerprint density at radius 3 is 2.58 bits per heavy atom. The number of hydrogen-bond donors (Lipinski definition) is 2. The maximum absolute atomic E-state index is 12.1. The van der Waals surface area contributed by atoms with Crippen molar-refractivity contribution in [2.75, 3.05) is 33.9 Å². The molecule has 2 N–H and O–H groups in total. The van der Waals surface area contributed by atoms with E-state index in [2.05, 4.69) is 15.6 Å². The van der Waals surface area contributed by atoms with E-state index in [0.717, 1.165) is 16.9 Å². The van der Waals surface area contributed by atoms with Crippen molar-refractivity contribution in [3.63, 3.8) is 0 Å². The average Bonchev–Trinajstić information content (AvgIpc) is 2.58. The van der Waals surface area contributed by atoms with Crippen molar-refractivity contribution in [3.05, 3.63) is 29.3 Å². The van der Waals surface area contributed by atoms with E-state index in [4.69, 9.17) is 9.47 Å². The standard InChI is InChI=1S/C18H28F3N3O2/c1-14-6-7-15(16(12-14)26-11-10-25-3)13-24-17(22-2)23-9-5-4-8-18(19,20)21/h6-7,12H,4-5,8-11,13H2,1-3H3,(H2,22,23,24). The molecule has 1 rings (SSSR count). The predicted molar refractivity (Wildman–Crippen MR) is 96.7 cm³/mol. The van der Waals surface area contributed by atoms with Crippen molar-refractivity contribution in [2.24, 2.45) is 4.99 Å². The van der Waals surface area contributed by atoms with Gasteiger partial charge in [-0.25, -0.2) is 0 Å². The van der Waals surface area contributed by atoms with Crippen molar-refractivity contribution in [2.45, 2.75) is 38.9 Å². The molecule has 0 bridgehead atoms. The molecule has 0 spiro atoms. The number of alkyl halides is 3. The number of nitrogens with zero attached hydrogens (tertiary/aromatic N) is 1.